The van der Waals surface area contributed by atoms with Crippen molar-refractivity contribution < 1.29 is 17.9 Å². The van der Waals surface area contributed by atoms with E-state index in [4.69, 9.17) is 0 Å². The van der Waals surface area contributed by atoms with Crippen LogP contribution in [-0.2, 0) is 19.4 Å². The van der Waals surface area contributed by atoms with E-state index in [9.17, 15) is 13.2 Å². The Hall–Kier alpha value is -0.880. The Morgan fingerprint density at radius 1 is 1.56 bits per heavy atom. The topological polar surface area (TPSA) is 72.5 Å². The molecule has 1 atom stereocenters. The second kappa shape index (κ2) is 6.00. The van der Waals surface area contributed by atoms with Crippen molar-refractivity contribution in [2.45, 2.75) is 18.9 Å². The number of methoxy groups -OCH3 is 1. The number of hydrogen-bond donors (Lipinski definition) is 1. The zero-order valence-electron chi connectivity index (χ0n) is 9.31. The van der Waals surface area contributed by atoms with Crippen molar-refractivity contribution >= 4 is 15.8 Å². The van der Waals surface area contributed by atoms with E-state index in [1.807, 2.05) is 0 Å². The van der Waals surface area contributed by atoms with E-state index in [-0.39, 0.29) is 11.8 Å². The Labute approximate surface area is 95.8 Å². The molecule has 1 heterocycles. The second-order valence-electron chi connectivity index (χ2n) is 3.79. The Kier molecular flexibility index (Phi) is 4.95. The molecule has 1 aliphatic rings. The first-order chi connectivity index (χ1) is 7.53. The second-order valence-corrected chi connectivity index (χ2v) is 6.02. The summed E-state index contributed by atoms with van der Waals surface area (Å²) in [6.07, 6.45) is 4.53. The van der Waals surface area contributed by atoms with Crippen LogP contribution in [0.15, 0.2) is 12.2 Å². The zero-order valence-corrected chi connectivity index (χ0v) is 10.1. The molecule has 16 heavy (non-hydrogen) atoms. The van der Waals surface area contributed by atoms with Gasteiger partial charge in [-0.15, -0.1) is 0 Å². The van der Waals surface area contributed by atoms with Crippen LogP contribution in [0.25, 0.3) is 0 Å². The van der Waals surface area contributed by atoms with Gasteiger partial charge in [0.1, 0.15) is 0 Å². The number of ether oxygens (including phenoxy) is 1. The molecule has 0 saturated carbocycles. The van der Waals surface area contributed by atoms with Crippen LogP contribution in [-0.4, -0.2) is 45.6 Å². The lowest BCUT2D eigenvalue weighted by Gasteiger charge is -2.22. The average molecular weight is 247 g/mol. The lowest BCUT2D eigenvalue weighted by Crippen LogP contribution is -2.40. The molecule has 1 aliphatic heterocycles. The fourth-order valence-corrected chi connectivity index (χ4v) is 3.31. The van der Waals surface area contributed by atoms with E-state index in [2.05, 4.69) is 10.1 Å². The molecular formula is C10H17NO4S. The fraction of sp³-hybridized carbons (Fsp3) is 0.700. The zero-order chi connectivity index (χ0) is 12.0. The molecule has 0 radical (unpaired) electrons. The summed E-state index contributed by atoms with van der Waals surface area (Å²) in [5.41, 5.74) is 0. The third-order valence-corrected chi connectivity index (χ3v) is 4.26. The third-order valence-electron chi connectivity index (χ3n) is 2.44. The average Bonchev–Trinajstić information content (AvgIpc) is 2.22. The number of rotatable bonds is 4. The standard InChI is InChI=1S/C10H17NO4S/c1-15-10(12)5-2-6-11-9-4-3-7-16(13,14)8-9/h2,5,9,11H,3-4,6-8H2,1H3/b5-2+. The van der Waals surface area contributed by atoms with Crippen LogP contribution in [0, 0.1) is 0 Å². The van der Waals surface area contributed by atoms with Gasteiger partial charge in [0.25, 0.3) is 0 Å². The SMILES string of the molecule is COC(=O)/C=C/CNC1CCCS(=O)(=O)C1. The van der Waals surface area contributed by atoms with E-state index in [0.717, 1.165) is 6.42 Å². The molecule has 5 nitrogen and oxygen atoms in total. The van der Waals surface area contributed by atoms with Gasteiger partial charge in [0.15, 0.2) is 9.84 Å². The third kappa shape index (κ3) is 4.76. The first-order valence-electron chi connectivity index (χ1n) is 5.22. The largest absolute Gasteiger partial charge is 0.466 e. The first-order valence-corrected chi connectivity index (χ1v) is 7.04. The van der Waals surface area contributed by atoms with Gasteiger partial charge in [-0.25, -0.2) is 13.2 Å². The van der Waals surface area contributed by atoms with E-state index in [1.54, 1.807) is 6.08 Å². The van der Waals surface area contributed by atoms with Gasteiger partial charge in [-0.05, 0) is 12.8 Å². The van der Waals surface area contributed by atoms with Crippen molar-refractivity contribution in [3.63, 3.8) is 0 Å². The van der Waals surface area contributed by atoms with Gasteiger partial charge >= 0.3 is 5.97 Å². The van der Waals surface area contributed by atoms with Crippen molar-refractivity contribution in [2.75, 3.05) is 25.2 Å². The summed E-state index contributed by atoms with van der Waals surface area (Å²) in [7, 11) is -1.55. The molecule has 1 rings (SSSR count). The van der Waals surface area contributed by atoms with Gasteiger partial charge in [0.05, 0.1) is 18.6 Å². The molecular weight excluding hydrogens is 230 g/mol. The molecule has 0 bridgehead atoms. The summed E-state index contributed by atoms with van der Waals surface area (Å²) in [6, 6.07) is 0.000969. The summed E-state index contributed by atoms with van der Waals surface area (Å²) in [6.45, 7) is 0.481. The van der Waals surface area contributed by atoms with Crippen LogP contribution in [0.1, 0.15) is 12.8 Å². The minimum Gasteiger partial charge on any atom is -0.466 e. The highest BCUT2D eigenvalue weighted by Gasteiger charge is 2.23. The molecule has 0 aliphatic carbocycles. The predicted molar refractivity (Wildman–Crippen MR) is 60.8 cm³/mol. The molecule has 6 heteroatoms. The molecule has 92 valence electrons. The van der Waals surface area contributed by atoms with Gasteiger partial charge in [-0.1, -0.05) is 6.08 Å². The minimum absolute atomic E-state index is 0.000969. The highest BCUT2D eigenvalue weighted by Crippen LogP contribution is 2.11. The van der Waals surface area contributed by atoms with Crippen molar-refractivity contribution in [1.29, 1.82) is 0 Å². The van der Waals surface area contributed by atoms with E-state index in [0.29, 0.717) is 18.7 Å². The van der Waals surface area contributed by atoms with Gasteiger partial charge in [-0.2, -0.15) is 0 Å². The monoisotopic (exact) mass is 247 g/mol. The Morgan fingerprint density at radius 3 is 2.94 bits per heavy atom. The van der Waals surface area contributed by atoms with Crippen molar-refractivity contribution in [3.05, 3.63) is 12.2 Å². The lowest BCUT2D eigenvalue weighted by atomic mass is 10.2. The molecule has 1 fully saturated rings. The Balaban J connectivity index is 2.28. The van der Waals surface area contributed by atoms with Crippen LogP contribution < -0.4 is 5.32 Å². The molecule has 0 aromatic carbocycles. The maximum atomic E-state index is 11.3. The normalized spacial score (nSPS) is 24.4. The van der Waals surface area contributed by atoms with Gasteiger partial charge in [-0.3, -0.25) is 0 Å². The number of carbonyl (C=O) groups excluding carboxylic acids is 1. The summed E-state index contributed by atoms with van der Waals surface area (Å²) < 4.78 is 27.1. The Bertz CT molecular complexity index is 361. The van der Waals surface area contributed by atoms with Crippen molar-refractivity contribution in [2.24, 2.45) is 0 Å². The Morgan fingerprint density at radius 2 is 2.31 bits per heavy atom. The van der Waals surface area contributed by atoms with Crippen LogP contribution in [0.3, 0.4) is 0 Å². The number of nitrogens with one attached hydrogen (secondary N) is 1. The molecule has 0 aromatic heterocycles. The number of esters is 1. The number of hydrogen-bond acceptors (Lipinski definition) is 5. The van der Waals surface area contributed by atoms with Crippen LogP contribution in [0.4, 0.5) is 0 Å². The minimum atomic E-state index is -2.87. The first kappa shape index (κ1) is 13.2. The van der Waals surface area contributed by atoms with Crippen LogP contribution in [0.5, 0.6) is 0 Å². The van der Waals surface area contributed by atoms with Crippen molar-refractivity contribution in [3.8, 4) is 0 Å². The molecule has 0 aromatic rings. The molecule has 1 N–H and O–H groups in total. The predicted octanol–water partition coefficient (Wildman–Crippen LogP) is -0.118. The summed E-state index contributed by atoms with van der Waals surface area (Å²) in [5.74, 6) is 0.0838. The summed E-state index contributed by atoms with van der Waals surface area (Å²) >= 11 is 0. The molecule has 0 amide bonds. The van der Waals surface area contributed by atoms with E-state index < -0.39 is 15.8 Å². The molecule has 1 unspecified atom stereocenters. The lowest BCUT2D eigenvalue weighted by molar-refractivity contribution is -0.134. The smallest absolute Gasteiger partial charge is 0.330 e. The van der Waals surface area contributed by atoms with E-state index >= 15 is 0 Å². The molecule has 1 saturated heterocycles. The van der Waals surface area contributed by atoms with E-state index in [1.165, 1.54) is 13.2 Å². The highest BCUT2D eigenvalue weighted by atomic mass is 32.2. The number of carbonyl (C=O) groups is 1. The maximum absolute atomic E-state index is 11.3. The highest BCUT2D eigenvalue weighted by molar-refractivity contribution is 7.91. The van der Waals surface area contributed by atoms with Crippen LogP contribution in [0.2, 0.25) is 0 Å². The molecule has 0 spiro atoms. The number of sulfone groups is 1. The summed E-state index contributed by atoms with van der Waals surface area (Å²) in [4.78, 5) is 10.7. The van der Waals surface area contributed by atoms with Gasteiger partial charge < -0.3 is 10.1 Å². The fourth-order valence-electron chi connectivity index (χ4n) is 1.64. The quantitative estimate of drug-likeness (QED) is 0.554. The van der Waals surface area contributed by atoms with Crippen molar-refractivity contribution in [1.82, 2.24) is 5.32 Å². The van der Waals surface area contributed by atoms with Gasteiger partial charge in [0, 0.05) is 18.7 Å². The van der Waals surface area contributed by atoms with Crippen LogP contribution >= 0.6 is 0 Å². The maximum Gasteiger partial charge on any atom is 0.330 e. The summed E-state index contributed by atoms with van der Waals surface area (Å²) in [5, 5.41) is 3.08. The van der Waals surface area contributed by atoms with Gasteiger partial charge in [0.2, 0.25) is 0 Å².